The summed E-state index contributed by atoms with van der Waals surface area (Å²) in [5.74, 6) is -1.24. The lowest BCUT2D eigenvalue weighted by Gasteiger charge is -2.17. The Morgan fingerprint density at radius 1 is 1.00 bits per heavy atom. The van der Waals surface area contributed by atoms with Gasteiger partial charge in [0.25, 0.3) is 11.8 Å². The van der Waals surface area contributed by atoms with Gasteiger partial charge >= 0.3 is 0 Å². The second kappa shape index (κ2) is 7.15. The molecular formula is C17H10Cl3IN2O2. The molecule has 1 N–H and O–H groups in total. The number of hydrogen-bond donors (Lipinski definition) is 1. The molecule has 4 nitrogen and oxygen atoms in total. The van der Waals surface area contributed by atoms with Gasteiger partial charge in [-0.3, -0.25) is 9.59 Å². The summed E-state index contributed by atoms with van der Waals surface area (Å²) in [4.78, 5) is 26.2. The van der Waals surface area contributed by atoms with Crippen LogP contribution in [0.25, 0.3) is 0 Å². The molecule has 0 saturated heterocycles. The van der Waals surface area contributed by atoms with Crippen LogP contribution in [-0.4, -0.2) is 11.8 Å². The monoisotopic (exact) mass is 506 g/mol. The number of nitrogens with one attached hydrogen (secondary N) is 1. The zero-order valence-corrected chi connectivity index (χ0v) is 17.2. The summed E-state index contributed by atoms with van der Waals surface area (Å²) in [5, 5.41) is 3.34. The minimum Gasteiger partial charge on any atom is -0.349 e. The van der Waals surface area contributed by atoms with Gasteiger partial charge in [-0.05, 0) is 71.5 Å². The first-order chi connectivity index (χ1) is 11.8. The van der Waals surface area contributed by atoms with Gasteiger partial charge in [-0.25, -0.2) is 4.90 Å². The summed E-state index contributed by atoms with van der Waals surface area (Å²) in [6, 6.07) is 10.2. The van der Waals surface area contributed by atoms with E-state index in [0.717, 1.165) is 14.0 Å². The molecule has 25 heavy (non-hydrogen) atoms. The molecule has 2 amide bonds. The number of carbonyl (C=O) groups is 2. The van der Waals surface area contributed by atoms with Crippen molar-refractivity contribution in [3.05, 3.63) is 66.3 Å². The molecule has 1 aliphatic heterocycles. The highest BCUT2D eigenvalue weighted by Gasteiger charge is 2.40. The summed E-state index contributed by atoms with van der Waals surface area (Å²) in [7, 11) is 0. The lowest BCUT2D eigenvalue weighted by atomic mass is 10.2. The van der Waals surface area contributed by atoms with Crippen molar-refractivity contribution in [1.29, 1.82) is 0 Å². The normalized spacial score (nSPS) is 14.5. The molecule has 0 aliphatic carbocycles. The number of aryl methyl sites for hydroxylation is 1. The van der Waals surface area contributed by atoms with Crippen LogP contribution in [-0.2, 0) is 9.59 Å². The van der Waals surface area contributed by atoms with Crippen molar-refractivity contribution in [2.24, 2.45) is 0 Å². The number of benzene rings is 2. The molecule has 0 unspecified atom stereocenters. The molecule has 1 heterocycles. The Bertz CT molecular complexity index is 943. The number of carbonyl (C=O) groups excluding carboxylic acids is 2. The quantitative estimate of drug-likeness (QED) is 0.451. The maximum atomic E-state index is 12.8. The number of rotatable bonds is 3. The van der Waals surface area contributed by atoms with Gasteiger partial charge in [0.2, 0.25) is 0 Å². The van der Waals surface area contributed by atoms with E-state index >= 15 is 0 Å². The zero-order chi connectivity index (χ0) is 18.3. The predicted molar refractivity (Wildman–Crippen MR) is 109 cm³/mol. The van der Waals surface area contributed by atoms with Crippen molar-refractivity contribution in [1.82, 2.24) is 0 Å². The largest absolute Gasteiger partial charge is 0.349 e. The molecule has 8 heteroatoms. The Morgan fingerprint density at radius 2 is 1.72 bits per heavy atom. The minimum absolute atomic E-state index is 0.00650. The molecule has 2 aromatic rings. The first-order valence-corrected chi connectivity index (χ1v) is 9.27. The smallest absolute Gasteiger partial charge is 0.283 e. The summed E-state index contributed by atoms with van der Waals surface area (Å²) in [6.45, 7) is 1.89. The molecule has 1 aliphatic rings. The molecule has 0 bridgehead atoms. The van der Waals surface area contributed by atoms with Gasteiger partial charge in [0, 0.05) is 14.3 Å². The standard InChI is InChI=1S/C17H10Cl3IN2O2/c1-8-6-10(21)3-5-12(8)22-15-14(20)16(24)23(17(15)25)13-7-9(18)2-4-11(13)19/h2-7,22H,1H3. The third kappa shape index (κ3) is 3.51. The van der Waals surface area contributed by atoms with Crippen LogP contribution < -0.4 is 10.2 Å². The molecular weight excluding hydrogens is 497 g/mol. The SMILES string of the molecule is Cc1cc(I)ccc1NC1=C(Cl)C(=O)N(c2cc(Cl)ccc2Cl)C1=O. The predicted octanol–water partition coefficient (Wildman–Crippen LogP) is 5.34. The van der Waals surface area contributed by atoms with E-state index in [0.29, 0.717) is 10.7 Å². The van der Waals surface area contributed by atoms with Crippen LogP contribution in [0.1, 0.15) is 5.56 Å². The second-order valence-electron chi connectivity index (χ2n) is 5.31. The topological polar surface area (TPSA) is 49.4 Å². The van der Waals surface area contributed by atoms with Gasteiger partial charge in [-0.15, -0.1) is 0 Å². The number of nitrogens with zero attached hydrogens (tertiary/aromatic N) is 1. The lowest BCUT2D eigenvalue weighted by molar-refractivity contribution is -0.120. The highest BCUT2D eigenvalue weighted by molar-refractivity contribution is 14.1. The number of hydrogen-bond acceptors (Lipinski definition) is 3. The summed E-state index contributed by atoms with van der Waals surface area (Å²) >= 11 is 20.4. The molecule has 3 rings (SSSR count). The zero-order valence-electron chi connectivity index (χ0n) is 12.7. The Balaban J connectivity index is 1.98. The van der Waals surface area contributed by atoms with Gasteiger partial charge in [-0.1, -0.05) is 34.8 Å². The molecule has 2 aromatic carbocycles. The van der Waals surface area contributed by atoms with Crippen LogP contribution in [0.5, 0.6) is 0 Å². The van der Waals surface area contributed by atoms with Crippen LogP contribution in [0.4, 0.5) is 11.4 Å². The van der Waals surface area contributed by atoms with E-state index in [1.165, 1.54) is 12.1 Å². The fraction of sp³-hybridized carbons (Fsp3) is 0.0588. The molecule has 128 valence electrons. The number of amides is 2. The average Bonchev–Trinajstić information content (AvgIpc) is 2.76. The summed E-state index contributed by atoms with van der Waals surface area (Å²) in [6.07, 6.45) is 0. The van der Waals surface area contributed by atoms with Gasteiger partial charge in [0.15, 0.2) is 0 Å². The Hall–Kier alpha value is -1.28. The van der Waals surface area contributed by atoms with Crippen molar-refractivity contribution in [2.45, 2.75) is 6.92 Å². The van der Waals surface area contributed by atoms with Crippen molar-refractivity contribution in [2.75, 3.05) is 10.2 Å². The van der Waals surface area contributed by atoms with E-state index in [9.17, 15) is 9.59 Å². The Kier molecular flexibility index (Phi) is 5.29. The van der Waals surface area contributed by atoms with Crippen molar-refractivity contribution >= 4 is 80.6 Å². The highest BCUT2D eigenvalue weighted by atomic mass is 127. The van der Waals surface area contributed by atoms with Crippen LogP contribution in [0.15, 0.2) is 47.1 Å². The van der Waals surface area contributed by atoms with Gasteiger partial charge in [-0.2, -0.15) is 0 Å². The number of anilines is 2. The fourth-order valence-corrected chi connectivity index (χ4v) is 3.62. The third-order valence-electron chi connectivity index (χ3n) is 3.62. The van der Waals surface area contributed by atoms with E-state index in [-0.39, 0.29) is 21.4 Å². The van der Waals surface area contributed by atoms with Gasteiger partial charge in [0.05, 0.1) is 10.7 Å². The lowest BCUT2D eigenvalue weighted by Crippen LogP contribution is -2.32. The maximum Gasteiger partial charge on any atom is 0.283 e. The van der Waals surface area contributed by atoms with E-state index in [1.54, 1.807) is 6.07 Å². The molecule has 0 fully saturated rings. The fourth-order valence-electron chi connectivity index (χ4n) is 2.39. The van der Waals surface area contributed by atoms with E-state index in [2.05, 4.69) is 27.9 Å². The van der Waals surface area contributed by atoms with Crippen molar-refractivity contribution in [3.8, 4) is 0 Å². The van der Waals surface area contributed by atoms with E-state index in [1.807, 2.05) is 25.1 Å². The Labute approximate surface area is 172 Å². The van der Waals surface area contributed by atoms with Crippen molar-refractivity contribution in [3.63, 3.8) is 0 Å². The molecule has 0 saturated carbocycles. The van der Waals surface area contributed by atoms with Crippen LogP contribution >= 0.6 is 57.4 Å². The van der Waals surface area contributed by atoms with Gasteiger partial charge < -0.3 is 5.32 Å². The highest BCUT2D eigenvalue weighted by Crippen LogP contribution is 2.36. The maximum absolute atomic E-state index is 12.8. The molecule has 0 atom stereocenters. The average molecular weight is 508 g/mol. The first kappa shape index (κ1) is 18.5. The molecule has 0 radical (unpaired) electrons. The number of halogens is 4. The Morgan fingerprint density at radius 3 is 2.40 bits per heavy atom. The van der Waals surface area contributed by atoms with Crippen molar-refractivity contribution < 1.29 is 9.59 Å². The first-order valence-electron chi connectivity index (χ1n) is 7.06. The minimum atomic E-state index is -0.651. The molecule has 0 aromatic heterocycles. The van der Waals surface area contributed by atoms with Gasteiger partial charge in [0.1, 0.15) is 10.7 Å². The van der Waals surface area contributed by atoms with Crippen LogP contribution in [0, 0.1) is 10.5 Å². The van der Waals surface area contributed by atoms with Crippen LogP contribution in [0.3, 0.4) is 0 Å². The second-order valence-corrected chi connectivity index (χ2v) is 7.78. The summed E-state index contributed by atoms with van der Waals surface area (Å²) < 4.78 is 1.06. The van der Waals surface area contributed by atoms with E-state index in [4.69, 9.17) is 34.8 Å². The number of imide groups is 1. The van der Waals surface area contributed by atoms with Crippen LogP contribution in [0.2, 0.25) is 10.0 Å². The summed E-state index contributed by atoms with van der Waals surface area (Å²) in [5.41, 5.74) is 1.81. The third-order valence-corrected chi connectivity index (χ3v) is 5.20. The molecule has 0 spiro atoms. The van der Waals surface area contributed by atoms with E-state index < -0.39 is 11.8 Å².